The molecule has 95 heavy (non-hydrogen) atoms. The lowest BCUT2D eigenvalue weighted by molar-refractivity contribution is 1.66. The molecule has 0 saturated heterocycles. The van der Waals surface area contributed by atoms with Crippen LogP contribution in [0.4, 0.5) is 0 Å². The fourth-order valence-corrected chi connectivity index (χ4v) is 1410. The van der Waals surface area contributed by atoms with E-state index in [1.807, 2.05) is 0 Å². The van der Waals surface area contributed by atoms with Crippen LogP contribution in [0.2, 0.25) is 0 Å². The molecule has 0 rings (SSSR count). The molecule has 0 aromatic rings. The Morgan fingerprint density at radius 2 is 0.168 bits per heavy atom. The summed E-state index contributed by atoms with van der Waals surface area (Å²) in [5, 5.41) is 10.1. The smallest absolute Gasteiger partial charge is 0.0358 e. The first kappa shape index (κ1) is 135. The van der Waals surface area contributed by atoms with Crippen molar-refractivity contribution in [2.24, 2.45) is 0 Å². The maximum Gasteiger partial charge on any atom is 0.0358 e. The molecule has 51 unspecified atom stereocenters. The van der Waals surface area contributed by atoms with Gasteiger partial charge in [0.05, 0.1) is 0 Å². The summed E-state index contributed by atoms with van der Waals surface area (Å²) in [5.41, 5.74) is 0. The number of rotatable bonds is 46. The zero-order valence-electron chi connectivity index (χ0n) is 48.7. The summed E-state index contributed by atoms with van der Waals surface area (Å²) in [4.78, 5) is 0. The monoisotopic (exact) mass is 3020 g/mol. The van der Waals surface area contributed by atoms with Crippen molar-refractivity contribution in [2.75, 3.05) is 0 Å². The predicted octanol–water partition coefficient (Wildman–Crippen LogP) is 56.1. The van der Waals surface area contributed by atoms with Crippen LogP contribution in [-0.4, -0.2) is 0 Å². The molecule has 0 aliphatic heterocycles. The van der Waals surface area contributed by atoms with Gasteiger partial charge in [-0.3, -0.25) is 5.16 Å². The van der Waals surface area contributed by atoms with Gasteiger partial charge in [-0.1, -0.05) is 8.93 Å². The topological polar surface area (TPSA) is 23.9 Å². The molecule has 0 radical (unpaired) electrons. The molecule has 1 N–H and O–H groups in total. The van der Waals surface area contributed by atoms with Gasteiger partial charge in [0.25, 0.3) is 0 Å². The van der Waals surface area contributed by atoms with Gasteiger partial charge in [0, 0.05) is 36.0 Å². The van der Waals surface area contributed by atoms with Gasteiger partial charge in [-0.15, -0.1) is 411 Å². The SMILES string of the molecule is N=PP(P)P(P(P)P)P(P(P(P)P)P(P)P)P(P(P(P(P)P)P(P)P)P(P(P)P)P(P)P)P(P(P(P(P(P)P)P(P)P)P(P(P)P)P(P)P)P(P(P(P)P)P(P)P)P(P(P)P)P(P)P)P(P(P(P(P)P)P(P)P)P(P(P)P)P(P)P)P(P(P(P)P)P(P)P)P(P(P)P)P(P)P. The van der Waals surface area contributed by atoms with Gasteiger partial charge in [-0.05, 0) is 293 Å². The van der Waals surface area contributed by atoms with Gasteiger partial charge >= 0.3 is 0 Å². The Hall–Kier alpha value is 40.1. The van der Waals surface area contributed by atoms with Crippen molar-refractivity contribution < 1.29 is 0 Å². The van der Waals surface area contributed by atoms with Crippen molar-refractivity contribution in [1.29, 1.82) is 5.16 Å². The van der Waals surface area contributed by atoms with E-state index in [0.717, 1.165) is 8.06 Å². The molecule has 51 atom stereocenters. The van der Waals surface area contributed by atoms with E-state index >= 15 is 0 Å². The van der Waals surface area contributed by atoms with Crippen molar-refractivity contribution >= 4 is 749 Å². The molecule has 1 nitrogen and oxygen atoms in total. The summed E-state index contributed by atoms with van der Waals surface area (Å²) in [5.74, 6) is 0. The predicted molar refractivity (Wildman–Crippen MR) is 784 cm³/mol. The van der Waals surface area contributed by atoms with Gasteiger partial charge < -0.3 is 0 Å². The first-order valence-corrected chi connectivity index (χ1v) is 193. The summed E-state index contributed by atoms with van der Waals surface area (Å²) in [7, 11) is 177. The summed E-state index contributed by atoms with van der Waals surface area (Å²) >= 11 is 0. The average Bonchev–Trinajstić information content (AvgIpc) is 3.36. The largest absolute Gasteiger partial charge is 0.279 e. The molecule has 0 heterocycles. The minimum absolute atomic E-state index is 0.420. The lowest BCUT2D eigenvalue weighted by atomic mass is 14.0. The first-order valence-electron chi connectivity index (χ1n) is 21.6. The Balaban J connectivity index is 14.3. The molecule has 0 spiro atoms. The van der Waals surface area contributed by atoms with Crippen LogP contribution >= 0.6 is 749 Å². The highest BCUT2D eigenvalue weighted by molar-refractivity contribution is 9.60. The zero-order chi connectivity index (χ0) is 75.3. The maximum atomic E-state index is 10.1. The van der Waals surface area contributed by atoms with Crippen molar-refractivity contribution in [3.05, 3.63) is 0 Å². The zero-order valence-corrected chi connectivity index (χ0v) is 145. The van der Waals surface area contributed by atoms with E-state index in [0.29, 0.717) is 0 Å². The molecule has 0 aliphatic carbocycles. The van der Waals surface area contributed by atoms with Gasteiger partial charge in [-0.2, -0.15) is 0 Å². The summed E-state index contributed by atoms with van der Waals surface area (Å²) < 4.78 is 0. The van der Waals surface area contributed by atoms with Crippen LogP contribution in [0.15, 0.2) is 0 Å². The molecule has 0 aromatic heterocycles. The number of hydrogen-bond acceptors (Lipinski definition) is 1. The summed E-state index contributed by atoms with van der Waals surface area (Å²) in [6.07, 6.45) is 0. The average molecular weight is 3020 g/mol. The Labute approximate surface area is 742 Å². The third kappa shape index (κ3) is 47.4. The molecule has 0 aliphatic rings. The number of hydrogen-bond donors (Lipinski definition) is 1. The lowest BCUT2D eigenvalue weighted by Crippen LogP contribution is -1.77. The molecule has 0 bridgehead atoms. The van der Waals surface area contributed by atoms with Crippen molar-refractivity contribution in [3.8, 4) is 0 Å². The standard InChI is InChI=1S/H95NP94/c1-49-73(48)85(72(46)47)91(84(70(42)43)71(44)45)94(90(82(66(34)35)67(36)37)83(68(38)39)69(40)41)95(92(86(74(50(2)3)51(4)5)75(52(6)7)53(8)9)87(76(54(10)11)55(12)13)77(56(14)15)57(16)17)93(88(78(58(18)19)59(20)21)79(60(22)23)61(24)25)89(80(62(26)27)63(28)29)81(64(30)31)65(32)33/h1H,2-48H2. The molecular weight excluding hydrogens is 2930 g/mol. The van der Waals surface area contributed by atoms with Crippen LogP contribution in [-0.2, 0) is 0 Å². The molecule has 570 valence electrons. The van der Waals surface area contributed by atoms with Crippen molar-refractivity contribution in [1.82, 2.24) is 0 Å². The molecule has 95 heteroatoms. The second kappa shape index (κ2) is 74.1. The maximum absolute atomic E-state index is 10.1. The normalized spacial score (nSPS) is 15.9. The van der Waals surface area contributed by atoms with E-state index in [2.05, 4.69) is 420 Å². The minimum atomic E-state index is -0.669. The second-order valence-electron chi connectivity index (χ2n) is 15.1. The lowest BCUT2D eigenvalue weighted by Gasteiger charge is -2.64. The summed E-state index contributed by atoms with van der Waals surface area (Å²) in [6.45, 7) is -21.8. The van der Waals surface area contributed by atoms with Gasteiger partial charge in [0.1, 0.15) is 0 Å². The van der Waals surface area contributed by atoms with E-state index < -0.39 is 321 Å². The number of nitrogens with one attached hydrogen (secondary N) is 1. The Kier molecular flexibility index (Phi) is 105. The van der Waals surface area contributed by atoms with E-state index in [1.165, 1.54) is 0 Å². The highest BCUT2D eigenvalue weighted by atomic mass is 33.7. The van der Waals surface area contributed by atoms with E-state index in [1.54, 1.807) is 0 Å². The molecule has 0 amide bonds. The van der Waals surface area contributed by atoms with Crippen LogP contribution in [0.1, 0.15) is 0 Å². The van der Waals surface area contributed by atoms with Crippen molar-refractivity contribution in [2.45, 2.75) is 0 Å². The second-order valence-corrected chi connectivity index (χ2v) is 405. The fourth-order valence-electron chi connectivity index (χ4n) is 5.81. The minimum Gasteiger partial charge on any atom is -0.279 e. The highest BCUT2D eigenvalue weighted by Gasteiger charge is 2.67. The van der Waals surface area contributed by atoms with E-state index in [-0.39, 0.29) is 0 Å². The third-order valence-electron chi connectivity index (χ3n) is 8.40. The molecular formula is H95NP94. The summed E-state index contributed by atoms with van der Waals surface area (Å²) in [6, 6.07) is 0. The molecule has 0 aromatic carbocycles. The van der Waals surface area contributed by atoms with Crippen LogP contribution in [0.25, 0.3) is 0 Å². The van der Waals surface area contributed by atoms with Crippen LogP contribution in [0.5, 0.6) is 0 Å². The van der Waals surface area contributed by atoms with Gasteiger partial charge in [-0.25, -0.2) is 0 Å². The van der Waals surface area contributed by atoms with Crippen LogP contribution in [0, 0.1) is 5.16 Å². The van der Waals surface area contributed by atoms with Gasteiger partial charge in [0.2, 0.25) is 0 Å². The van der Waals surface area contributed by atoms with Gasteiger partial charge in [0.15, 0.2) is 0 Å². The Morgan fingerprint density at radius 1 is 0.105 bits per heavy atom. The molecule has 0 saturated carbocycles. The Bertz CT molecular complexity index is 1610. The van der Waals surface area contributed by atoms with Crippen LogP contribution in [0.3, 0.4) is 0 Å². The Morgan fingerprint density at radius 3 is 0.232 bits per heavy atom. The van der Waals surface area contributed by atoms with Crippen molar-refractivity contribution in [3.63, 3.8) is 0 Å². The molecule has 0 fully saturated rings. The fraction of sp³-hybridized carbons (Fsp3) is 0. The van der Waals surface area contributed by atoms with E-state index in [4.69, 9.17) is 0 Å². The highest BCUT2D eigenvalue weighted by Crippen LogP contribution is 3.54. The van der Waals surface area contributed by atoms with Crippen LogP contribution < -0.4 is 0 Å². The van der Waals surface area contributed by atoms with E-state index in [9.17, 15) is 5.16 Å². The quantitative estimate of drug-likeness (QED) is 0.0588. The third-order valence-corrected chi connectivity index (χ3v) is 675. The first-order chi connectivity index (χ1) is 43.3.